The number of pyridine rings is 1. The van der Waals surface area contributed by atoms with E-state index in [2.05, 4.69) is 20.9 Å². The molecule has 0 aliphatic carbocycles. The van der Waals surface area contributed by atoms with Crippen LogP contribution in [0.1, 0.15) is 17.7 Å². The fourth-order valence-electron chi connectivity index (χ4n) is 1.05. The lowest BCUT2D eigenvalue weighted by atomic mass is 10.1. The number of nitro groups is 1. The van der Waals surface area contributed by atoms with Gasteiger partial charge >= 0.3 is 11.9 Å². The summed E-state index contributed by atoms with van der Waals surface area (Å²) in [6, 6.07) is 0. The van der Waals surface area contributed by atoms with Crippen LogP contribution in [0.4, 0.5) is 27.6 Å². The van der Waals surface area contributed by atoms with E-state index in [4.69, 9.17) is 0 Å². The summed E-state index contributed by atoms with van der Waals surface area (Å²) in [5.74, 6) is 0. The molecule has 0 aromatic carbocycles. The van der Waals surface area contributed by atoms with Gasteiger partial charge in [-0.3, -0.25) is 10.1 Å². The minimum absolute atomic E-state index is 0.348. The predicted octanol–water partition coefficient (Wildman–Crippen LogP) is 3.71. The second kappa shape index (κ2) is 4.51. The standard InChI is InChI=1S/C7H2BrF5N2O2/c8-4-2(15(16)17)1-14-5(6(9)10)3(4)7(11,12)13/h1,6H. The molecule has 4 nitrogen and oxygen atoms in total. The molecule has 0 amide bonds. The van der Waals surface area contributed by atoms with Gasteiger partial charge in [-0.25, -0.2) is 13.8 Å². The Morgan fingerprint density at radius 2 is 1.94 bits per heavy atom. The highest BCUT2D eigenvalue weighted by Gasteiger charge is 2.41. The Morgan fingerprint density at radius 1 is 1.41 bits per heavy atom. The molecule has 94 valence electrons. The van der Waals surface area contributed by atoms with Gasteiger partial charge in [-0.2, -0.15) is 13.2 Å². The van der Waals surface area contributed by atoms with Gasteiger partial charge in [0.2, 0.25) is 0 Å². The van der Waals surface area contributed by atoms with E-state index >= 15 is 0 Å². The molecule has 0 unspecified atom stereocenters. The van der Waals surface area contributed by atoms with Crippen LogP contribution in [-0.4, -0.2) is 9.91 Å². The first-order valence-electron chi connectivity index (χ1n) is 3.84. The van der Waals surface area contributed by atoms with Crippen LogP contribution in [0, 0.1) is 10.1 Å². The average molecular weight is 321 g/mol. The summed E-state index contributed by atoms with van der Waals surface area (Å²) in [6.45, 7) is 0. The molecule has 17 heavy (non-hydrogen) atoms. The van der Waals surface area contributed by atoms with E-state index in [-0.39, 0.29) is 0 Å². The van der Waals surface area contributed by atoms with Crippen LogP contribution in [0.5, 0.6) is 0 Å². The normalized spacial score (nSPS) is 11.9. The van der Waals surface area contributed by atoms with Crippen molar-refractivity contribution >= 4 is 21.6 Å². The highest BCUT2D eigenvalue weighted by Crippen LogP contribution is 2.43. The quantitative estimate of drug-likeness (QED) is 0.474. The summed E-state index contributed by atoms with van der Waals surface area (Å²) in [4.78, 5) is 12.0. The van der Waals surface area contributed by atoms with E-state index in [1.54, 1.807) is 0 Å². The van der Waals surface area contributed by atoms with Crippen LogP contribution in [-0.2, 0) is 6.18 Å². The van der Waals surface area contributed by atoms with Crippen molar-refractivity contribution in [3.63, 3.8) is 0 Å². The van der Waals surface area contributed by atoms with Crippen molar-refractivity contribution in [2.75, 3.05) is 0 Å². The molecule has 0 N–H and O–H groups in total. The zero-order chi connectivity index (χ0) is 13.4. The highest BCUT2D eigenvalue weighted by atomic mass is 79.9. The third kappa shape index (κ3) is 2.68. The summed E-state index contributed by atoms with van der Waals surface area (Å²) in [5.41, 5.74) is -4.40. The van der Waals surface area contributed by atoms with Gasteiger partial charge in [0.1, 0.15) is 21.9 Å². The summed E-state index contributed by atoms with van der Waals surface area (Å²) in [5, 5.41) is 10.4. The fourth-order valence-corrected chi connectivity index (χ4v) is 1.73. The molecule has 0 aliphatic rings. The van der Waals surface area contributed by atoms with Crippen LogP contribution >= 0.6 is 15.9 Å². The maximum absolute atomic E-state index is 12.5. The van der Waals surface area contributed by atoms with Gasteiger partial charge < -0.3 is 0 Å². The third-order valence-electron chi connectivity index (χ3n) is 1.71. The number of rotatable bonds is 2. The van der Waals surface area contributed by atoms with E-state index in [0.717, 1.165) is 0 Å². The van der Waals surface area contributed by atoms with E-state index in [9.17, 15) is 32.1 Å². The summed E-state index contributed by atoms with van der Waals surface area (Å²) < 4.78 is 61.0. The predicted molar refractivity (Wildman–Crippen MR) is 48.6 cm³/mol. The van der Waals surface area contributed by atoms with E-state index in [1.165, 1.54) is 0 Å². The zero-order valence-corrected chi connectivity index (χ0v) is 9.22. The molecule has 0 aliphatic heterocycles. The molecule has 0 bridgehead atoms. The number of nitrogens with zero attached hydrogens (tertiary/aromatic N) is 2. The van der Waals surface area contributed by atoms with Crippen LogP contribution in [0.2, 0.25) is 0 Å². The summed E-state index contributed by atoms with van der Waals surface area (Å²) >= 11 is 2.30. The van der Waals surface area contributed by atoms with E-state index in [0.29, 0.717) is 6.20 Å². The minimum atomic E-state index is -5.16. The van der Waals surface area contributed by atoms with Crippen molar-refractivity contribution in [1.82, 2.24) is 4.98 Å². The SMILES string of the molecule is O=[N+]([O-])c1cnc(C(F)F)c(C(F)(F)F)c1Br. The van der Waals surface area contributed by atoms with Crippen molar-refractivity contribution in [1.29, 1.82) is 0 Å². The molecule has 0 saturated heterocycles. The molecule has 0 spiro atoms. The second-order valence-electron chi connectivity index (χ2n) is 2.77. The Morgan fingerprint density at radius 3 is 2.29 bits per heavy atom. The van der Waals surface area contributed by atoms with Crippen LogP contribution in [0.3, 0.4) is 0 Å². The van der Waals surface area contributed by atoms with Gasteiger partial charge in [0, 0.05) is 0 Å². The molecule has 0 saturated carbocycles. The number of aromatic nitrogens is 1. The van der Waals surface area contributed by atoms with E-state index < -0.39 is 38.9 Å². The Labute approximate surface area is 98.7 Å². The topological polar surface area (TPSA) is 56.0 Å². The largest absolute Gasteiger partial charge is 0.419 e. The molecule has 0 fully saturated rings. The number of hydrogen-bond acceptors (Lipinski definition) is 3. The van der Waals surface area contributed by atoms with Crippen LogP contribution < -0.4 is 0 Å². The molecule has 1 heterocycles. The van der Waals surface area contributed by atoms with Gasteiger partial charge in [0.05, 0.1) is 4.92 Å². The Hall–Kier alpha value is -1.32. The third-order valence-corrected chi connectivity index (χ3v) is 2.52. The maximum atomic E-state index is 12.5. The number of hydrogen-bond donors (Lipinski definition) is 0. The van der Waals surface area contributed by atoms with Gasteiger partial charge in [0.25, 0.3) is 6.43 Å². The second-order valence-corrected chi connectivity index (χ2v) is 3.57. The maximum Gasteiger partial charge on any atom is 0.419 e. The van der Waals surface area contributed by atoms with Crippen LogP contribution in [0.15, 0.2) is 10.7 Å². The van der Waals surface area contributed by atoms with Crippen molar-refractivity contribution in [3.05, 3.63) is 32.0 Å². The number of alkyl halides is 5. The van der Waals surface area contributed by atoms with Gasteiger partial charge in [-0.15, -0.1) is 0 Å². The van der Waals surface area contributed by atoms with Crippen molar-refractivity contribution in [3.8, 4) is 0 Å². The lowest BCUT2D eigenvalue weighted by Gasteiger charge is -2.12. The monoisotopic (exact) mass is 320 g/mol. The Bertz CT molecular complexity index is 462. The first-order valence-corrected chi connectivity index (χ1v) is 4.63. The minimum Gasteiger partial charge on any atom is -0.258 e. The summed E-state index contributed by atoms with van der Waals surface area (Å²) in [7, 11) is 0. The molecule has 0 radical (unpaired) electrons. The van der Waals surface area contributed by atoms with Crippen molar-refractivity contribution in [2.45, 2.75) is 12.6 Å². The average Bonchev–Trinajstić information content (AvgIpc) is 2.14. The molecule has 0 atom stereocenters. The fraction of sp³-hybridized carbons (Fsp3) is 0.286. The van der Waals surface area contributed by atoms with Crippen LogP contribution in [0.25, 0.3) is 0 Å². The first-order chi connectivity index (χ1) is 7.66. The van der Waals surface area contributed by atoms with Gasteiger partial charge in [0.15, 0.2) is 0 Å². The molecule has 1 aromatic rings. The molecule has 1 rings (SSSR count). The smallest absolute Gasteiger partial charge is 0.258 e. The van der Waals surface area contributed by atoms with Crippen molar-refractivity contribution in [2.24, 2.45) is 0 Å². The van der Waals surface area contributed by atoms with Gasteiger partial charge in [-0.1, -0.05) is 0 Å². The Kier molecular flexibility index (Phi) is 3.65. The number of halogens is 6. The lowest BCUT2D eigenvalue weighted by molar-refractivity contribution is -0.386. The Balaban J connectivity index is 3.59. The zero-order valence-electron chi connectivity index (χ0n) is 7.63. The summed E-state index contributed by atoms with van der Waals surface area (Å²) in [6.07, 6.45) is -8.30. The van der Waals surface area contributed by atoms with Gasteiger partial charge in [-0.05, 0) is 15.9 Å². The molecular weight excluding hydrogens is 319 g/mol. The van der Waals surface area contributed by atoms with Crippen molar-refractivity contribution < 1.29 is 26.9 Å². The van der Waals surface area contributed by atoms with E-state index in [1.807, 2.05) is 0 Å². The molecular formula is C7H2BrF5N2O2. The molecule has 1 aromatic heterocycles. The highest BCUT2D eigenvalue weighted by molar-refractivity contribution is 9.10. The lowest BCUT2D eigenvalue weighted by Crippen LogP contribution is -2.13. The molecule has 10 heteroatoms. The first kappa shape index (κ1) is 13.7.